The first-order valence-electron chi connectivity index (χ1n) is 5.88. The fourth-order valence-electron chi connectivity index (χ4n) is 1.79. The van der Waals surface area contributed by atoms with E-state index >= 15 is 0 Å². The largest absolute Gasteiger partial charge is 0.326 e. The number of aromatic nitrogens is 1. The predicted molar refractivity (Wildman–Crippen MR) is 74.1 cm³/mol. The first kappa shape index (κ1) is 13.2. The zero-order valence-corrected chi connectivity index (χ0v) is 11.6. The van der Waals surface area contributed by atoms with Gasteiger partial charge in [-0.25, -0.2) is 9.37 Å². The second kappa shape index (κ2) is 4.78. The minimum atomic E-state index is -0.231. The van der Waals surface area contributed by atoms with Crippen LogP contribution in [0.2, 0.25) is 0 Å². The molecule has 0 unspecified atom stereocenters. The van der Waals surface area contributed by atoms with Crippen LogP contribution in [0.3, 0.4) is 0 Å². The number of hydrogen-bond acceptors (Lipinski definition) is 3. The lowest BCUT2D eigenvalue weighted by Crippen LogP contribution is -2.15. The average molecular weight is 264 g/mol. The quantitative estimate of drug-likeness (QED) is 0.898. The van der Waals surface area contributed by atoms with Crippen LogP contribution in [0.1, 0.15) is 31.3 Å². The number of hydrogen-bond donors (Lipinski definition) is 1. The van der Waals surface area contributed by atoms with Crippen LogP contribution in [0.15, 0.2) is 24.3 Å². The highest BCUT2D eigenvalue weighted by Crippen LogP contribution is 2.34. The summed E-state index contributed by atoms with van der Waals surface area (Å²) in [6, 6.07) is 6.41. The van der Waals surface area contributed by atoms with Crippen LogP contribution in [0, 0.1) is 5.82 Å². The van der Waals surface area contributed by atoms with Gasteiger partial charge in [-0.05, 0) is 24.3 Å². The average Bonchev–Trinajstić information content (AvgIpc) is 2.73. The second-order valence-electron chi connectivity index (χ2n) is 5.25. The zero-order valence-electron chi connectivity index (χ0n) is 10.8. The lowest BCUT2D eigenvalue weighted by Gasteiger charge is -2.16. The standard InChI is InChI=1S/C14H17FN2S/c1-14(2,3)12-11(8-16)18-13(17-12)9-4-6-10(15)7-5-9/h4-7H,8,16H2,1-3H3. The number of benzene rings is 1. The molecule has 2 nitrogen and oxygen atoms in total. The molecule has 0 spiro atoms. The number of rotatable bonds is 2. The highest BCUT2D eigenvalue weighted by Gasteiger charge is 2.22. The van der Waals surface area contributed by atoms with Crippen molar-refractivity contribution in [3.63, 3.8) is 0 Å². The number of nitrogens with two attached hydrogens (primary N) is 1. The van der Waals surface area contributed by atoms with Gasteiger partial charge in [0.25, 0.3) is 0 Å². The maximum absolute atomic E-state index is 12.9. The van der Waals surface area contributed by atoms with Gasteiger partial charge in [-0.3, -0.25) is 0 Å². The van der Waals surface area contributed by atoms with Gasteiger partial charge in [-0.1, -0.05) is 20.8 Å². The first-order chi connectivity index (χ1) is 8.41. The summed E-state index contributed by atoms with van der Waals surface area (Å²) in [6.45, 7) is 6.85. The molecule has 0 fully saturated rings. The Bertz CT molecular complexity index is 538. The molecule has 0 saturated heterocycles. The van der Waals surface area contributed by atoms with Crippen molar-refractivity contribution >= 4 is 11.3 Å². The molecule has 4 heteroatoms. The van der Waals surface area contributed by atoms with E-state index in [0.29, 0.717) is 6.54 Å². The van der Waals surface area contributed by atoms with Gasteiger partial charge >= 0.3 is 0 Å². The van der Waals surface area contributed by atoms with Crippen molar-refractivity contribution in [1.82, 2.24) is 4.98 Å². The summed E-state index contributed by atoms with van der Waals surface area (Å²) in [4.78, 5) is 5.77. The molecule has 1 heterocycles. The minimum Gasteiger partial charge on any atom is -0.326 e. The Morgan fingerprint density at radius 3 is 2.28 bits per heavy atom. The van der Waals surface area contributed by atoms with Crippen LogP contribution in [0.4, 0.5) is 4.39 Å². The van der Waals surface area contributed by atoms with E-state index in [1.807, 2.05) is 0 Å². The van der Waals surface area contributed by atoms with Crippen molar-refractivity contribution in [2.24, 2.45) is 5.73 Å². The van der Waals surface area contributed by atoms with Crippen LogP contribution >= 0.6 is 11.3 Å². The summed E-state index contributed by atoms with van der Waals surface area (Å²) in [5, 5.41) is 0.903. The molecule has 2 rings (SSSR count). The molecule has 0 aliphatic heterocycles. The Morgan fingerprint density at radius 1 is 1.22 bits per heavy atom. The van der Waals surface area contributed by atoms with E-state index in [1.165, 1.54) is 12.1 Å². The Labute approximate surface area is 111 Å². The molecule has 0 bridgehead atoms. The van der Waals surface area contributed by atoms with Crippen molar-refractivity contribution in [3.05, 3.63) is 40.7 Å². The predicted octanol–water partition coefficient (Wildman–Crippen LogP) is 3.71. The number of halogens is 1. The molecule has 0 radical (unpaired) electrons. The Kier molecular flexibility index (Phi) is 3.50. The summed E-state index contributed by atoms with van der Waals surface area (Å²) in [5.41, 5.74) is 7.72. The summed E-state index contributed by atoms with van der Waals surface area (Å²) in [6.07, 6.45) is 0. The van der Waals surface area contributed by atoms with Crippen molar-refractivity contribution in [2.45, 2.75) is 32.7 Å². The molecule has 0 amide bonds. The lowest BCUT2D eigenvalue weighted by atomic mass is 9.91. The minimum absolute atomic E-state index is 0.0243. The fraction of sp³-hybridized carbons (Fsp3) is 0.357. The topological polar surface area (TPSA) is 38.9 Å². The first-order valence-corrected chi connectivity index (χ1v) is 6.69. The van der Waals surface area contributed by atoms with E-state index in [4.69, 9.17) is 5.73 Å². The third kappa shape index (κ3) is 2.60. The molecular formula is C14H17FN2S. The molecule has 0 saturated carbocycles. The Morgan fingerprint density at radius 2 is 1.83 bits per heavy atom. The van der Waals surface area contributed by atoms with Gasteiger partial charge in [0.05, 0.1) is 5.69 Å². The van der Waals surface area contributed by atoms with Crippen LogP contribution in [-0.4, -0.2) is 4.98 Å². The van der Waals surface area contributed by atoms with Crippen molar-refractivity contribution < 1.29 is 4.39 Å². The fourth-order valence-corrected chi connectivity index (χ4v) is 2.95. The van der Waals surface area contributed by atoms with Crippen LogP contribution in [-0.2, 0) is 12.0 Å². The third-order valence-electron chi connectivity index (χ3n) is 2.68. The van der Waals surface area contributed by atoms with Gasteiger partial charge in [0.15, 0.2) is 0 Å². The maximum Gasteiger partial charge on any atom is 0.123 e. The zero-order chi connectivity index (χ0) is 13.3. The van der Waals surface area contributed by atoms with Gasteiger partial charge in [-0.15, -0.1) is 11.3 Å². The normalized spacial score (nSPS) is 11.8. The van der Waals surface area contributed by atoms with Gasteiger partial charge in [-0.2, -0.15) is 0 Å². The van der Waals surface area contributed by atoms with E-state index in [-0.39, 0.29) is 11.2 Å². The summed E-state index contributed by atoms with van der Waals surface area (Å²) in [5.74, 6) is -0.231. The van der Waals surface area contributed by atoms with Crippen molar-refractivity contribution in [3.8, 4) is 10.6 Å². The van der Waals surface area contributed by atoms with Crippen molar-refractivity contribution in [2.75, 3.05) is 0 Å². The Balaban J connectivity index is 2.47. The molecule has 1 aromatic heterocycles. The number of thiazole rings is 1. The molecular weight excluding hydrogens is 247 g/mol. The molecule has 1 aromatic carbocycles. The highest BCUT2D eigenvalue weighted by atomic mass is 32.1. The summed E-state index contributed by atoms with van der Waals surface area (Å²) < 4.78 is 12.9. The third-order valence-corrected chi connectivity index (χ3v) is 3.81. The molecule has 0 aliphatic carbocycles. The van der Waals surface area contributed by atoms with E-state index in [2.05, 4.69) is 25.8 Å². The van der Waals surface area contributed by atoms with Gasteiger partial charge in [0.2, 0.25) is 0 Å². The molecule has 0 atom stereocenters. The second-order valence-corrected chi connectivity index (χ2v) is 6.34. The van der Waals surface area contributed by atoms with E-state index in [9.17, 15) is 4.39 Å². The molecule has 96 valence electrons. The SMILES string of the molecule is CC(C)(C)c1nc(-c2ccc(F)cc2)sc1CN. The van der Waals surface area contributed by atoms with Gasteiger partial charge in [0.1, 0.15) is 10.8 Å². The summed E-state index contributed by atoms with van der Waals surface area (Å²) in [7, 11) is 0. The van der Waals surface area contributed by atoms with E-state index in [0.717, 1.165) is 21.1 Å². The highest BCUT2D eigenvalue weighted by molar-refractivity contribution is 7.15. The molecule has 0 aliphatic rings. The molecule has 18 heavy (non-hydrogen) atoms. The summed E-state index contributed by atoms with van der Waals surface area (Å²) >= 11 is 1.59. The molecule has 2 aromatic rings. The molecule has 2 N–H and O–H groups in total. The van der Waals surface area contributed by atoms with E-state index < -0.39 is 0 Å². The maximum atomic E-state index is 12.9. The van der Waals surface area contributed by atoms with Gasteiger partial charge < -0.3 is 5.73 Å². The lowest BCUT2D eigenvalue weighted by molar-refractivity contribution is 0.567. The number of nitrogens with zero attached hydrogens (tertiary/aromatic N) is 1. The van der Waals surface area contributed by atoms with E-state index in [1.54, 1.807) is 23.5 Å². The van der Waals surface area contributed by atoms with Crippen LogP contribution < -0.4 is 5.73 Å². The monoisotopic (exact) mass is 264 g/mol. The van der Waals surface area contributed by atoms with Crippen LogP contribution in [0.5, 0.6) is 0 Å². The smallest absolute Gasteiger partial charge is 0.123 e. The van der Waals surface area contributed by atoms with Crippen LogP contribution in [0.25, 0.3) is 10.6 Å². The van der Waals surface area contributed by atoms with Crippen molar-refractivity contribution in [1.29, 1.82) is 0 Å². The van der Waals surface area contributed by atoms with Gasteiger partial charge in [0, 0.05) is 22.4 Å². The Hall–Kier alpha value is -1.26.